The summed E-state index contributed by atoms with van der Waals surface area (Å²) in [6.45, 7) is 0. The normalized spacial score (nSPS) is 10.7. The van der Waals surface area contributed by atoms with E-state index in [2.05, 4.69) is 20.2 Å². The van der Waals surface area contributed by atoms with Gasteiger partial charge in [0.25, 0.3) is 0 Å². The lowest BCUT2D eigenvalue weighted by Crippen LogP contribution is -1.83. The first-order valence-electron chi connectivity index (χ1n) is 2.74. The van der Waals surface area contributed by atoms with Gasteiger partial charge >= 0.3 is 0 Å². The summed E-state index contributed by atoms with van der Waals surface area (Å²) >= 11 is 11.2. The van der Waals surface area contributed by atoms with Gasteiger partial charge in [0.2, 0.25) is 5.28 Å². The lowest BCUT2D eigenvalue weighted by molar-refractivity contribution is 1.06. The zero-order valence-electron chi connectivity index (χ0n) is 5.12. The van der Waals surface area contributed by atoms with Crippen LogP contribution in [0.1, 0.15) is 0 Å². The molecule has 0 bridgehead atoms. The van der Waals surface area contributed by atoms with Crippen LogP contribution in [0.25, 0.3) is 11.0 Å². The number of nitrogens with zero attached hydrogens (tertiary/aromatic N) is 4. The SMILES string of the molecule is Clc1nc(Cl)c2c[n-]nc2n1. The van der Waals surface area contributed by atoms with Gasteiger partial charge in [-0.05, 0) is 11.6 Å². The molecule has 0 fully saturated rings. The molecule has 0 saturated heterocycles. The quantitative estimate of drug-likeness (QED) is 0.461. The van der Waals surface area contributed by atoms with Gasteiger partial charge in [0, 0.05) is 5.39 Å². The zero-order valence-corrected chi connectivity index (χ0v) is 6.63. The van der Waals surface area contributed by atoms with E-state index in [4.69, 9.17) is 23.2 Å². The van der Waals surface area contributed by atoms with Crippen LogP contribution in [0, 0.1) is 0 Å². The van der Waals surface area contributed by atoms with Gasteiger partial charge in [-0.15, -0.1) is 6.20 Å². The van der Waals surface area contributed by atoms with Crippen molar-refractivity contribution in [2.24, 2.45) is 0 Å². The number of aromatic nitrogens is 4. The van der Waals surface area contributed by atoms with E-state index < -0.39 is 0 Å². The summed E-state index contributed by atoms with van der Waals surface area (Å²) in [5.41, 5.74) is 0.426. The molecule has 0 aromatic carbocycles. The van der Waals surface area contributed by atoms with Crippen LogP contribution < -0.4 is 5.10 Å². The molecule has 0 unspecified atom stereocenters. The highest BCUT2D eigenvalue weighted by atomic mass is 35.5. The second-order valence-electron chi connectivity index (χ2n) is 1.87. The second-order valence-corrected chi connectivity index (χ2v) is 2.56. The molecule has 0 N–H and O–H groups in total. The average Bonchev–Trinajstić information content (AvgIpc) is 2.34. The minimum Gasteiger partial charge on any atom is -0.579 e. The van der Waals surface area contributed by atoms with Crippen molar-refractivity contribution in [2.75, 3.05) is 0 Å². The van der Waals surface area contributed by atoms with E-state index in [9.17, 15) is 0 Å². The summed E-state index contributed by atoms with van der Waals surface area (Å²) in [4.78, 5) is 7.51. The van der Waals surface area contributed by atoms with Crippen molar-refractivity contribution >= 4 is 34.2 Å². The lowest BCUT2D eigenvalue weighted by atomic mass is 10.4. The van der Waals surface area contributed by atoms with Gasteiger partial charge < -0.3 is 10.2 Å². The molecule has 56 valence electrons. The molecule has 2 aromatic rings. The van der Waals surface area contributed by atoms with E-state index in [0.29, 0.717) is 11.0 Å². The molecular formula is C5HCl2N4-. The third kappa shape index (κ3) is 1.04. The number of fused-ring (bicyclic) bond motifs is 1. The Morgan fingerprint density at radius 3 is 2.91 bits per heavy atom. The van der Waals surface area contributed by atoms with Crippen LogP contribution in [0.2, 0.25) is 10.4 Å². The van der Waals surface area contributed by atoms with Crippen LogP contribution in [-0.2, 0) is 0 Å². The van der Waals surface area contributed by atoms with Crippen LogP contribution in [0.15, 0.2) is 6.20 Å². The molecule has 0 spiro atoms. The Labute approximate surface area is 71.6 Å². The Kier molecular flexibility index (Phi) is 1.44. The maximum Gasteiger partial charge on any atom is 0.225 e. The molecule has 0 saturated carbocycles. The minimum atomic E-state index is 0.0861. The molecular weight excluding hydrogens is 187 g/mol. The Bertz CT molecular complexity index is 396. The van der Waals surface area contributed by atoms with Crippen molar-refractivity contribution in [3.8, 4) is 0 Å². The van der Waals surface area contributed by atoms with Gasteiger partial charge in [0.1, 0.15) is 10.8 Å². The Balaban J connectivity index is 2.91. The lowest BCUT2D eigenvalue weighted by Gasteiger charge is -1.92. The highest BCUT2D eigenvalue weighted by molar-refractivity contribution is 6.35. The third-order valence-electron chi connectivity index (χ3n) is 1.19. The predicted octanol–water partition coefficient (Wildman–Crippen LogP) is 1.29. The van der Waals surface area contributed by atoms with Crippen LogP contribution in [-0.4, -0.2) is 15.1 Å². The smallest absolute Gasteiger partial charge is 0.225 e. The predicted molar refractivity (Wildman–Crippen MR) is 40.7 cm³/mol. The molecule has 0 amide bonds. The zero-order chi connectivity index (χ0) is 7.84. The average molecular weight is 188 g/mol. The second kappa shape index (κ2) is 2.32. The van der Waals surface area contributed by atoms with Crippen molar-refractivity contribution < 1.29 is 0 Å². The summed E-state index contributed by atoms with van der Waals surface area (Å²) in [7, 11) is 0. The molecule has 0 aliphatic rings. The first-order chi connectivity index (χ1) is 5.27. The van der Waals surface area contributed by atoms with Gasteiger partial charge in [0.05, 0.1) is 0 Å². The summed E-state index contributed by atoms with van der Waals surface area (Å²) in [6.07, 6.45) is 1.49. The molecule has 2 heterocycles. The van der Waals surface area contributed by atoms with E-state index in [0.717, 1.165) is 0 Å². The fraction of sp³-hybridized carbons (Fsp3) is 0. The van der Waals surface area contributed by atoms with Gasteiger partial charge in [-0.2, -0.15) is 4.98 Å². The first-order valence-corrected chi connectivity index (χ1v) is 3.50. The van der Waals surface area contributed by atoms with Gasteiger partial charge in [-0.3, -0.25) is 0 Å². The third-order valence-corrected chi connectivity index (χ3v) is 1.65. The van der Waals surface area contributed by atoms with Crippen LogP contribution in [0.5, 0.6) is 0 Å². The summed E-state index contributed by atoms with van der Waals surface area (Å²) < 4.78 is 0. The molecule has 0 aliphatic heterocycles. The Morgan fingerprint density at radius 1 is 1.27 bits per heavy atom. The van der Waals surface area contributed by atoms with Gasteiger partial charge in [0.15, 0.2) is 0 Å². The molecule has 2 aromatic heterocycles. The minimum absolute atomic E-state index is 0.0861. The maximum atomic E-state index is 5.69. The number of halogens is 2. The standard InChI is InChI=1S/C5HCl2N4/c6-3-2-1-8-11-4(2)10-5(7)9-3/h1H/q-1. The molecule has 11 heavy (non-hydrogen) atoms. The first kappa shape index (κ1) is 6.82. The molecule has 0 atom stereocenters. The van der Waals surface area contributed by atoms with Gasteiger partial charge in [-0.25, -0.2) is 4.98 Å². The van der Waals surface area contributed by atoms with Crippen LogP contribution >= 0.6 is 23.2 Å². The van der Waals surface area contributed by atoms with Crippen molar-refractivity contribution in [1.82, 2.24) is 20.2 Å². The van der Waals surface area contributed by atoms with Gasteiger partial charge in [-0.1, -0.05) is 11.6 Å². The molecule has 0 aliphatic carbocycles. The van der Waals surface area contributed by atoms with Crippen molar-refractivity contribution in [3.05, 3.63) is 16.6 Å². The van der Waals surface area contributed by atoms with E-state index in [1.807, 2.05) is 0 Å². The van der Waals surface area contributed by atoms with Crippen molar-refractivity contribution in [1.29, 1.82) is 0 Å². The topological polar surface area (TPSA) is 52.8 Å². The summed E-state index contributed by atoms with van der Waals surface area (Å²) in [6, 6.07) is 0. The van der Waals surface area contributed by atoms with E-state index >= 15 is 0 Å². The Hall–Kier alpha value is -0.870. The number of hydrogen-bond donors (Lipinski definition) is 0. The van der Waals surface area contributed by atoms with Crippen LogP contribution in [0.4, 0.5) is 0 Å². The molecule has 4 nitrogen and oxygen atoms in total. The Morgan fingerprint density at radius 2 is 2.09 bits per heavy atom. The molecule has 2 rings (SSSR count). The van der Waals surface area contributed by atoms with E-state index in [1.54, 1.807) is 0 Å². The largest absolute Gasteiger partial charge is 0.579 e. The molecule has 0 radical (unpaired) electrons. The molecule has 6 heteroatoms. The fourth-order valence-corrected chi connectivity index (χ4v) is 1.16. The van der Waals surface area contributed by atoms with Crippen molar-refractivity contribution in [3.63, 3.8) is 0 Å². The summed E-state index contributed by atoms with van der Waals surface area (Å²) in [5, 5.41) is 8.27. The van der Waals surface area contributed by atoms with E-state index in [1.165, 1.54) is 6.20 Å². The highest BCUT2D eigenvalue weighted by Gasteiger charge is 2.01. The van der Waals surface area contributed by atoms with Crippen molar-refractivity contribution in [2.45, 2.75) is 0 Å². The maximum absolute atomic E-state index is 5.69. The fourth-order valence-electron chi connectivity index (χ4n) is 0.735. The highest BCUT2D eigenvalue weighted by Crippen LogP contribution is 2.18. The van der Waals surface area contributed by atoms with E-state index in [-0.39, 0.29) is 10.4 Å². The number of hydrogen-bond acceptors (Lipinski definition) is 3. The van der Waals surface area contributed by atoms with Crippen LogP contribution in [0.3, 0.4) is 0 Å². The monoisotopic (exact) mass is 187 g/mol. The number of rotatable bonds is 0. The summed E-state index contributed by atoms with van der Waals surface area (Å²) in [5.74, 6) is 0.